The molecule has 0 N–H and O–H groups in total. The summed E-state index contributed by atoms with van der Waals surface area (Å²) in [6, 6.07) is 0. The molecule has 8 atom stereocenters. The second-order valence-electron chi connectivity index (χ2n) is 12.9. The van der Waals surface area contributed by atoms with Crippen molar-refractivity contribution < 1.29 is 28.5 Å². The highest BCUT2D eigenvalue weighted by Gasteiger charge is 2.76. The van der Waals surface area contributed by atoms with E-state index < -0.39 is 17.7 Å². The first-order chi connectivity index (χ1) is 17.0. The van der Waals surface area contributed by atoms with Crippen molar-refractivity contribution >= 4 is 11.9 Å². The van der Waals surface area contributed by atoms with Crippen LogP contribution in [-0.4, -0.2) is 35.7 Å². The molecule has 0 unspecified atom stereocenters. The molecule has 192 valence electrons. The molecule has 0 amide bonds. The van der Waals surface area contributed by atoms with E-state index in [0.717, 1.165) is 37.7 Å². The van der Waals surface area contributed by atoms with Gasteiger partial charge in [0.25, 0.3) is 0 Å². The van der Waals surface area contributed by atoms with Crippen LogP contribution >= 0.6 is 0 Å². The molecule has 2 bridgehead atoms. The molecule has 7 aliphatic rings. The number of hydrogen-bond acceptors (Lipinski definition) is 6. The third-order valence-electron chi connectivity index (χ3n) is 11.1. The minimum Gasteiger partial charge on any atom is -0.456 e. The van der Waals surface area contributed by atoms with E-state index in [4.69, 9.17) is 18.9 Å². The molecule has 2 spiro atoms. The van der Waals surface area contributed by atoms with E-state index in [1.54, 1.807) is 13.0 Å². The number of ether oxygens (including phenoxy) is 4. The minimum atomic E-state index is -0.952. The van der Waals surface area contributed by atoms with Gasteiger partial charge in [-0.3, -0.25) is 0 Å². The second kappa shape index (κ2) is 7.02. The molecule has 4 aliphatic heterocycles. The fourth-order valence-corrected chi connectivity index (χ4v) is 9.22. The van der Waals surface area contributed by atoms with Gasteiger partial charge in [-0.15, -0.1) is 0 Å². The second-order valence-corrected chi connectivity index (χ2v) is 12.9. The first-order valence-electron chi connectivity index (χ1n) is 13.6. The van der Waals surface area contributed by atoms with Crippen LogP contribution in [0.2, 0.25) is 0 Å². The van der Waals surface area contributed by atoms with Crippen LogP contribution in [0.1, 0.15) is 73.1 Å². The summed E-state index contributed by atoms with van der Waals surface area (Å²) in [4.78, 5) is 24.9. The summed E-state index contributed by atoms with van der Waals surface area (Å²) < 4.78 is 25.5. The first-order valence-corrected chi connectivity index (χ1v) is 13.6. The quantitative estimate of drug-likeness (QED) is 0.428. The van der Waals surface area contributed by atoms with Crippen molar-refractivity contribution in [2.45, 2.75) is 96.9 Å². The fourth-order valence-electron chi connectivity index (χ4n) is 9.22. The lowest BCUT2D eigenvalue weighted by atomic mass is 9.51. The Bertz CT molecular complexity index is 1200. The molecular formula is C30H36O6. The lowest BCUT2D eigenvalue weighted by Crippen LogP contribution is -2.63. The predicted molar refractivity (Wildman–Crippen MR) is 131 cm³/mol. The topological polar surface area (TPSA) is 71.1 Å². The molecule has 36 heavy (non-hydrogen) atoms. The Kier molecular flexibility index (Phi) is 4.48. The van der Waals surface area contributed by atoms with Gasteiger partial charge >= 0.3 is 11.9 Å². The SMILES string of the molecule is CC1=CC[C@@]2(OC1=O)O[C@H]1O[C@H]3C[C@@]14[C@H](CC[C@@]4(C)C1=C3C=C3C=CC(=O)OC(C)(C)[C@@H]3CC1)[C@@H]2C. The van der Waals surface area contributed by atoms with Gasteiger partial charge in [0, 0.05) is 35.3 Å². The highest BCUT2D eigenvalue weighted by atomic mass is 16.8. The first kappa shape index (κ1) is 23.0. The van der Waals surface area contributed by atoms with Crippen LogP contribution in [0.4, 0.5) is 0 Å². The lowest BCUT2D eigenvalue weighted by molar-refractivity contribution is -0.373. The van der Waals surface area contributed by atoms with Gasteiger partial charge < -0.3 is 18.9 Å². The van der Waals surface area contributed by atoms with Gasteiger partial charge in [0.15, 0.2) is 6.29 Å². The maximum Gasteiger partial charge on any atom is 0.335 e. The van der Waals surface area contributed by atoms with Crippen molar-refractivity contribution in [2.24, 2.45) is 28.6 Å². The van der Waals surface area contributed by atoms with E-state index in [1.807, 2.05) is 26.0 Å². The lowest BCUT2D eigenvalue weighted by Gasteiger charge is -2.58. The molecule has 2 saturated heterocycles. The fraction of sp³-hybridized carbons (Fsp3) is 0.667. The number of cyclic esters (lactones) is 1. The molecule has 4 heterocycles. The van der Waals surface area contributed by atoms with Crippen molar-refractivity contribution in [1.29, 1.82) is 0 Å². The highest BCUT2D eigenvalue weighted by Crippen LogP contribution is 2.76. The maximum absolute atomic E-state index is 12.6. The molecule has 1 saturated carbocycles. The molecular weight excluding hydrogens is 456 g/mol. The molecule has 0 aromatic rings. The standard InChI is InChI=1S/C30H36O6/c1-16-10-13-30(35-25(16)32)17(2)20-11-12-28(5)22-8-7-21-18(6-9-24(31)34-27(21,3)4)14-19(22)23-15-29(20,28)26(33-23)36-30/h6,9-10,14,17,20-21,23,26H,7-8,11-13,15H2,1-5H3/t17-,20+,21+,23-,26+,28-,29+,30+/m0/s1. The van der Waals surface area contributed by atoms with Crippen molar-refractivity contribution in [3.05, 3.63) is 46.6 Å². The van der Waals surface area contributed by atoms with Gasteiger partial charge in [-0.05, 0) is 75.4 Å². The van der Waals surface area contributed by atoms with Crippen LogP contribution in [0.5, 0.6) is 0 Å². The third-order valence-corrected chi connectivity index (χ3v) is 11.1. The van der Waals surface area contributed by atoms with E-state index in [0.29, 0.717) is 17.9 Å². The Morgan fingerprint density at radius 2 is 1.86 bits per heavy atom. The van der Waals surface area contributed by atoms with E-state index >= 15 is 0 Å². The van der Waals surface area contributed by atoms with Crippen LogP contribution in [0.25, 0.3) is 0 Å². The van der Waals surface area contributed by atoms with Gasteiger partial charge in [-0.2, -0.15) is 0 Å². The Hall–Kier alpha value is -2.18. The maximum atomic E-state index is 12.6. The van der Waals surface area contributed by atoms with Gasteiger partial charge in [0.1, 0.15) is 5.60 Å². The van der Waals surface area contributed by atoms with E-state index in [2.05, 4.69) is 19.9 Å². The van der Waals surface area contributed by atoms with Crippen LogP contribution < -0.4 is 0 Å². The van der Waals surface area contributed by atoms with Crippen molar-refractivity contribution in [1.82, 2.24) is 0 Å². The molecule has 3 fully saturated rings. The molecule has 0 aromatic carbocycles. The molecule has 7 rings (SSSR count). The number of esters is 2. The number of hydrogen-bond donors (Lipinski definition) is 0. The van der Waals surface area contributed by atoms with Crippen LogP contribution in [0, 0.1) is 28.6 Å². The zero-order valence-corrected chi connectivity index (χ0v) is 21.9. The van der Waals surface area contributed by atoms with Crippen LogP contribution in [-0.2, 0) is 28.5 Å². The minimum absolute atomic E-state index is 0.0455. The third kappa shape index (κ3) is 2.65. The Morgan fingerprint density at radius 1 is 1.06 bits per heavy atom. The average Bonchev–Trinajstić information content (AvgIpc) is 3.19. The zero-order valence-electron chi connectivity index (χ0n) is 21.9. The monoisotopic (exact) mass is 492 g/mol. The summed E-state index contributed by atoms with van der Waals surface area (Å²) in [5.41, 5.74) is 3.84. The molecule has 0 aromatic heterocycles. The molecule has 0 radical (unpaired) electrons. The van der Waals surface area contributed by atoms with E-state index in [9.17, 15) is 9.59 Å². The number of carbonyl (C=O) groups excluding carboxylic acids is 2. The summed E-state index contributed by atoms with van der Waals surface area (Å²) in [7, 11) is 0. The number of carbonyl (C=O) groups is 2. The molecule has 6 heteroatoms. The smallest absolute Gasteiger partial charge is 0.335 e. The van der Waals surface area contributed by atoms with Crippen molar-refractivity contribution in [2.75, 3.05) is 0 Å². The largest absolute Gasteiger partial charge is 0.456 e. The summed E-state index contributed by atoms with van der Waals surface area (Å²) in [5, 5.41) is 0. The Balaban J connectivity index is 1.33. The molecule has 6 nitrogen and oxygen atoms in total. The van der Waals surface area contributed by atoms with E-state index in [1.165, 1.54) is 11.1 Å². The van der Waals surface area contributed by atoms with Gasteiger partial charge in [-0.1, -0.05) is 37.6 Å². The van der Waals surface area contributed by atoms with Crippen LogP contribution in [0.15, 0.2) is 46.6 Å². The van der Waals surface area contributed by atoms with Gasteiger partial charge in [0.2, 0.25) is 5.79 Å². The highest BCUT2D eigenvalue weighted by molar-refractivity contribution is 5.88. The van der Waals surface area contributed by atoms with Crippen LogP contribution in [0.3, 0.4) is 0 Å². The average molecular weight is 493 g/mol. The summed E-state index contributed by atoms with van der Waals surface area (Å²) in [5.74, 6) is -0.927. The number of fused-ring (bicyclic) bond motifs is 4. The number of allylic oxidation sites excluding steroid dienone is 2. The van der Waals surface area contributed by atoms with Gasteiger partial charge in [0.05, 0.1) is 6.10 Å². The number of rotatable bonds is 0. The van der Waals surface area contributed by atoms with E-state index in [-0.39, 0.29) is 40.7 Å². The predicted octanol–water partition coefficient (Wildman–Crippen LogP) is 5.30. The summed E-state index contributed by atoms with van der Waals surface area (Å²) >= 11 is 0. The summed E-state index contributed by atoms with van der Waals surface area (Å²) in [6.07, 6.45) is 12.9. The zero-order chi connectivity index (χ0) is 25.3. The Morgan fingerprint density at radius 3 is 2.64 bits per heavy atom. The summed E-state index contributed by atoms with van der Waals surface area (Å²) in [6.45, 7) is 10.5. The normalized spacial score (nSPS) is 48.2. The van der Waals surface area contributed by atoms with Crippen molar-refractivity contribution in [3.8, 4) is 0 Å². The molecule has 3 aliphatic carbocycles. The Labute approximate surface area is 212 Å². The van der Waals surface area contributed by atoms with Gasteiger partial charge in [-0.25, -0.2) is 9.59 Å². The van der Waals surface area contributed by atoms with Crippen molar-refractivity contribution in [3.63, 3.8) is 0 Å².